The van der Waals surface area contributed by atoms with Gasteiger partial charge in [0.2, 0.25) is 0 Å². The number of piperidine rings is 1. The van der Waals surface area contributed by atoms with Gasteiger partial charge in [0.1, 0.15) is 6.04 Å². The van der Waals surface area contributed by atoms with E-state index in [2.05, 4.69) is 36.5 Å². The number of rotatable bonds is 3. The summed E-state index contributed by atoms with van der Waals surface area (Å²) in [4.78, 5) is 10.9. The van der Waals surface area contributed by atoms with E-state index in [1.807, 2.05) is 0 Å². The summed E-state index contributed by atoms with van der Waals surface area (Å²) >= 11 is 0. The molecule has 0 bridgehead atoms. The third-order valence-corrected chi connectivity index (χ3v) is 3.38. The molecule has 0 amide bonds. The van der Waals surface area contributed by atoms with Gasteiger partial charge in [-0.15, -0.1) is 0 Å². The third-order valence-electron chi connectivity index (χ3n) is 3.38. The van der Waals surface area contributed by atoms with Crippen molar-refractivity contribution >= 4 is 5.97 Å². The maximum atomic E-state index is 10.9. The summed E-state index contributed by atoms with van der Waals surface area (Å²) < 4.78 is 0. The smallest absolute Gasteiger partial charge is 0.320 e. The minimum Gasteiger partial charge on any atom is -0.480 e. The Bertz CT molecular complexity index is 386. The van der Waals surface area contributed by atoms with Crippen molar-refractivity contribution in [3.8, 4) is 0 Å². The first kappa shape index (κ1) is 12.1. The Balaban J connectivity index is 1.94. The number of carboxylic acid groups (broad SMARTS) is 1. The van der Waals surface area contributed by atoms with Gasteiger partial charge in [0, 0.05) is 6.04 Å². The molecule has 3 heteroatoms. The fourth-order valence-electron chi connectivity index (χ4n) is 2.38. The second kappa shape index (κ2) is 5.32. The molecule has 1 aliphatic heterocycles. The van der Waals surface area contributed by atoms with Crippen LogP contribution in [-0.2, 0) is 11.2 Å². The van der Waals surface area contributed by atoms with Crippen molar-refractivity contribution in [2.45, 2.75) is 44.7 Å². The molecular formula is C14H19NO2. The van der Waals surface area contributed by atoms with Crippen molar-refractivity contribution in [3.63, 3.8) is 0 Å². The van der Waals surface area contributed by atoms with Gasteiger partial charge in [0.25, 0.3) is 0 Å². The first-order valence-electron chi connectivity index (χ1n) is 6.19. The summed E-state index contributed by atoms with van der Waals surface area (Å²) in [5.74, 6) is -0.724. The molecular weight excluding hydrogens is 214 g/mol. The van der Waals surface area contributed by atoms with Crippen LogP contribution in [0.3, 0.4) is 0 Å². The minimum absolute atomic E-state index is 0.299. The van der Waals surface area contributed by atoms with Crippen LogP contribution in [0.15, 0.2) is 24.3 Å². The molecule has 0 radical (unpaired) electrons. The Morgan fingerprint density at radius 2 is 2.06 bits per heavy atom. The van der Waals surface area contributed by atoms with Crippen LogP contribution >= 0.6 is 0 Å². The van der Waals surface area contributed by atoms with Crippen LogP contribution in [0.4, 0.5) is 0 Å². The largest absolute Gasteiger partial charge is 0.480 e. The van der Waals surface area contributed by atoms with Gasteiger partial charge in [0.15, 0.2) is 0 Å². The number of carboxylic acids is 1. The fourth-order valence-corrected chi connectivity index (χ4v) is 2.38. The molecule has 2 unspecified atom stereocenters. The summed E-state index contributed by atoms with van der Waals surface area (Å²) in [6, 6.07) is 8.40. The van der Waals surface area contributed by atoms with E-state index in [1.54, 1.807) is 0 Å². The number of carbonyl (C=O) groups is 1. The summed E-state index contributed by atoms with van der Waals surface area (Å²) in [7, 11) is 0. The summed E-state index contributed by atoms with van der Waals surface area (Å²) in [6.07, 6.45) is 3.74. The number of benzene rings is 1. The third kappa shape index (κ3) is 3.30. The highest BCUT2D eigenvalue weighted by Gasteiger charge is 2.25. The summed E-state index contributed by atoms with van der Waals surface area (Å²) in [5.41, 5.74) is 2.54. The average Bonchev–Trinajstić information content (AvgIpc) is 2.32. The van der Waals surface area contributed by atoms with Crippen LogP contribution in [0.5, 0.6) is 0 Å². The minimum atomic E-state index is -0.724. The van der Waals surface area contributed by atoms with E-state index >= 15 is 0 Å². The molecule has 0 spiro atoms. The van der Waals surface area contributed by atoms with Crippen molar-refractivity contribution in [3.05, 3.63) is 35.4 Å². The second-order valence-corrected chi connectivity index (χ2v) is 4.88. The molecule has 92 valence electrons. The van der Waals surface area contributed by atoms with Gasteiger partial charge in [-0.3, -0.25) is 4.79 Å². The first-order valence-corrected chi connectivity index (χ1v) is 6.19. The molecule has 1 aliphatic rings. The van der Waals surface area contributed by atoms with Gasteiger partial charge in [-0.25, -0.2) is 0 Å². The van der Waals surface area contributed by atoms with Gasteiger partial charge < -0.3 is 10.4 Å². The summed E-state index contributed by atoms with van der Waals surface area (Å²) in [5, 5.41) is 12.2. The molecule has 1 saturated heterocycles. The number of aliphatic carboxylic acids is 1. The van der Waals surface area contributed by atoms with Crippen LogP contribution in [0.25, 0.3) is 0 Å². The van der Waals surface area contributed by atoms with E-state index in [0.29, 0.717) is 6.04 Å². The number of nitrogens with one attached hydrogen (secondary N) is 1. The molecule has 0 aromatic heterocycles. The van der Waals surface area contributed by atoms with E-state index in [0.717, 1.165) is 25.7 Å². The molecule has 0 aliphatic carbocycles. The van der Waals surface area contributed by atoms with Gasteiger partial charge in [-0.05, 0) is 38.2 Å². The molecule has 1 fully saturated rings. The lowest BCUT2D eigenvalue weighted by molar-refractivity contribution is -0.140. The predicted molar refractivity (Wildman–Crippen MR) is 67.1 cm³/mol. The Kier molecular flexibility index (Phi) is 3.79. The molecule has 2 rings (SSSR count). The van der Waals surface area contributed by atoms with Crippen molar-refractivity contribution < 1.29 is 9.90 Å². The quantitative estimate of drug-likeness (QED) is 0.841. The topological polar surface area (TPSA) is 49.3 Å². The monoisotopic (exact) mass is 233 g/mol. The van der Waals surface area contributed by atoms with Crippen molar-refractivity contribution in [2.24, 2.45) is 0 Å². The standard InChI is InChI=1S/C14H19NO2/c1-10-5-7-11(8-6-10)9-12-3-2-4-13(15-12)14(16)17/h5-8,12-13,15H,2-4,9H2,1H3,(H,16,17). The molecule has 1 aromatic carbocycles. The Hall–Kier alpha value is -1.35. The molecule has 1 heterocycles. The van der Waals surface area contributed by atoms with E-state index in [1.165, 1.54) is 11.1 Å². The highest BCUT2D eigenvalue weighted by Crippen LogP contribution is 2.17. The molecule has 0 saturated carbocycles. The van der Waals surface area contributed by atoms with Crippen LogP contribution in [0.1, 0.15) is 30.4 Å². The van der Waals surface area contributed by atoms with E-state index in [4.69, 9.17) is 5.11 Å². The number of hydrogen-bond donors (Lipinski definition) is 2. The highest BCUT2D eigenvalue weighted by molar-refractivity contribution is 5.73. The Morgan fingerprint density at radius 3 is 2.71 bits per heavy atom. The van der Waals surface area contributed by atoms with Gasteiger partial charge in [0.05, 0.1) is 0 Å². The van der Waals surface area contributed by atoms with Gasteiger partial charge in [-0.2, -0.15) is 0 Å². The Labute approximate surface area is 102 Å². The average molecular weight is 233 g/mol. The predicted octanol–water partition coefficient (Wildman–Crippen LogP) is 2.13. The molecule has 3 nitrogen and oxygen atoms in total. The lowest BCUT2D eigenvalue weighted by Crippen LogP contribution is -2.47. The number of aryl methyl sites for hydroxylation is 1. The maximum Gasteiger partial charge on any atom is 0.320 e. The SMILES string of the molecule is Cc1ccc(CC2CCCC(C(=O)O)N2)cc1. The number of hydrogen-bond acceptors (Lipinski definition) is 2. The van der Waals surface area contributed by atoms with E-state index in [9.17, 15) is 4.79 Å². The van der Waals surface area contributed by atoms with Crippen LogP contribution < -0.4 is 5.32 Å². The van der Waals surface area contributed by atoms with E-state index in [-0.39, 0.29) is 6.04 Å². The zero-order chi connectivity index (χ0) is 12.3. The van der Waals surface area contributed by atoms with Crippen molar-refractivity contribution in [1.29, 1.82) is 0 Å². The van der Waals surface area contributed by atoms with Crippen LogP contribution in [0, 0.1) is 6.92 Å². The lowest BCUT2D eigenvalue weighted by Gasteiger charge is -2.28. The molecule has 17 heavy (non-hydrogen) atoms. The van der Waals surface area contributed by atoms with Gasteiger partial charge in [-0.1, -0.05) is 29.8 Å². The van der Waals surface area contributed by atoms with Crippen molar-refractivity contribution in [1.82, 2.24) is 5.32 Å². The van der Waals surface area contributed by atoms with Gasteiger partial charge >= 0.3 is 5.97 Å². The van der Waals surface area contributed by atoms with Crippen LogP contribution in [0.2, 0.25) is 0 Å². The summed E-state index contributed by atoms with van der Waals surface area (Å²) in [6.45, 7) is 2.07. The van der Waals surface area contributed by atoms with Crippen molar-refractivity contribution in [2.75, 3.05) is 0 Å². The fraction of sp³-hybridized carbons (Fsp3) is 0.500. The Morgan fingerprint density at radius 1 is 1.35 bits per heavy atom. The molecule has 1 aromatic rings. The van der Waals surface area contributed by atoms with E-state index < -0.39 is 5.97 Å². The first-order chi connectivity index (χ1) is 8.15. The second-order valence-electron chi connectivity index (χ2n) is 4.88. The molecule has 2 atom stereocenters. The normalized spacial score (nSPS) is 24.5. The van der Waals surface area contributed by atoms with Crippen LogP contribution in [-0.4, -0.2) is 23.2 Å². The zero-order valence-electron chi connectivity index (χ0n) is 10.1. The highest BCUT2D eigenvalue weighted by atomic mass is 16.4. The lowest BCUT2D eigenvalue weighted by atomic mass is 9.93. The maximum absolute atomic E-state index is 10.9. The molecule has 2 N–H and O–H groups in total. The zero-order valence-corrected chi connectivity index (χ0v) is 10.1.